The maximum absolute atomic E-state index is 13.0. The number of hydrogen-bond donors (Lipinski definition) is 1. The van der Waals surface area contributed by atoms with Gasteiger partial charge in [-0.1, -0.05) is 6.07 Å². The highest BCUT2D eigenvalue weighted by atomic mass is 79.9. The van der Waals surface area contributed by atoms with Crippen LogP contribution >= 0.6 is 27.3 Å². The van der Waals surface area contributed by atoms with Crippen LogP contribution in [-0.2, 0) is 17.9 Å². The number of nitrogens with one attached hydrogen (secondary N) is 1. The van der Waals surface area contributed by atoms with Gasteiger partial charge in [0.2, 0.25) is 5.91 Å². The molecule has 0 unspecified atom stereocenters. The Morgan fingerprint density at radius 3 is 2.76 bits per heavy atom. The zero-order valence-corrected chi connectivity index (χ0v) is 15.6. The molecule has 1 aromatic carbocycles. The Labute approximate surface area is 155 Å². The number of alkyl halides is 2. The van der Waals surface area contributed by atoms with Crippen LogP contribution in [0.1, 0.15) is 10.4 Å². The molecule has 0 radical (unpaired) electrons. The molecule has 2 heterocycles. The Kier molecular flexibility index (Phi) is 5.26. The van der Waals surface area contributed by atoms with E-state index in [1.54, 1.807) is 17.4 Å². The number of carbonyl (C=O) groups excluding carboxylic acids is 1. The fourth-order valence-electron chi connectivity index (χ4n) is 2.36. The number of likely N-dealkylation sites (N-methyl/N-ethyl adjacent to an activating group) is 1. The molecule has 0 bridgehead atoms. The predicted octanol–water partition coefficient (Wildman–Crippen LogP) is 3.58. The molecule has 3 rings (SSSR count). The van der Waals surface area contributed by atoms with Crippen molar-refractivity contribution < 1.29 is 23.0 Å². The molecule has 0 atom stereocenters. The summed E-state index contributed by atoms with van der Waals surface area (Å²) in [5.74, 6) is -0.194. The molecular weight excluding hydrogens is 418 g/mol. The maximum Gasteiger partial charge on any atom is 0.586 e. The van der Waals surface area contributed by atoms with Crippen molar-refractivity contribution in [3.8, 4) is 11.5 Å². The van der Waals surface area contributed by atoms with Crippen LogP contribution in [0.15, 0.2) is 34.1 Å². The van der Waals surface area contributed by atoms with E-state index in [2.05, 4.69) is 30.7 Å². The van der Waals surface area contributed by atoms with Crippen LogP contribution in [-0.4, -0.2) is 30.7 Å². The van der Waals surface area contributed by atoms with Crippen molar-refractivity contribution >= 4 is 33.2 Å². The summed E-state index contributed by atoms with van der Waals surface area (Å²) in [6.45, 7) is 1.13. The van der Waals surface area contributed by atoms with Crippen molar-refractivity contribution in [1.29, 1.82) is 0 Å². The molecule has 0 saturated carbocycles. The summed E-state index contributed by atoms with van der Waals surface area (Å²) >= 11 is 5.03. The van der Waals surface area contributed by atoms with Crippen LogP contribution in [0, 0.1) is 0 Å². The average Bonchev–Trinajstić information content (AvgIpc) is 3.05. The van der Waals surface area contributed by atoms with Gasteiger partial charge in [0.1, 0.15) is 0 Å². The topological polar surface area (TPSA) is 50.8 Å². The fourth-order valence-corrected chi connectivity index (χ4v) is 3.93. The normalized spacial score (nSPS) is 14.8. The van der Waals surface area contributed by atoms with Gasteiger partial charge in [0, 0.05) is 18.0 Å². The molecule has 2 aromatic rings. The van der Waals surface area contributed by atoms with E-state index in [1.165, 1.54) is 12.1 Å². The smallest absolute Gasteiger partial charge is 0.395 e. The highest BCUT2D eigenvalue weighted by molar-refractivity contribution is 9.11. The van der Waals surface area contributed by atoms with Gasteiger partial charge in [-0.2, -0.15) is 0 Å². The zero-order valence-electron chi connectivity index (χ0n) is 13.2. The lowest BCUT2D eigenvalue weighted by atomic mass is 10.2. The second-order valence-corrected chi connectivity index (χ2v) is 8.15. The van der Waals surface area contributed by atoms with Crippen LogP contribution in [0.5, 0.6) is 11.5 Å². The van der Waals surface area contributed by atoms with E-state index in [0.717, 1.165) is 8.66 Å². The van der Waals surface area contributed by atoms with Gasteiger partial charge in [0.15, 0.2) is 11.5 Å². The minimum Gasteiger partial charge on any atom is -0.395 e. The predicted molar refractivity (Wildman–Crippen MR) is 92.8 cm³/mol. The second-order valence-electron chi connectivity index (χ2n) is 5.60. The summed E-state index contributed by atoms with van der Waals surface area (Å²) in [5, 5.41) is 2.76. The number of rotatable bonds is 6. The van der Waals surface area contributed by atoms with Crippen molar-refractivity contribution in [3.05, 3.63) is 44.6 Å². The fraction of sp³-hybridized carbons (Fsp3) is 0.312. The van der Waals surface area contributed by atoms with Gasteiger partial charge in [0.05, 0.1) is 10.3 Å². The first-order valence-corrected chi connectivity index (χ1v) is 9.00. The first-order valence-electron chi connectivity index (χ1n) is 7.39. The number of ether oxygens (including phenoxy) is 2. The monoisotopic (exact) mass is 432 g/mol. The Bertz CT molecular complexity index is 784. The SMILES string of the molecule is CN(CC(=O)NCc1ccc2c(c1)OC(F)(F)O2)Cc1ccc(Br)s1. The summed E-state index contributed by atoms with van der Waals surface area (Å²) in [7, 11) is 1.86. The minimum absolute atomic E-state index is 0.0121. The molecule has 1 aliphatic rings. The van der Waals surface area contributed by atoms with Gasteiger partial charge in [-0.25, -0.2) is 0 Å². The molecule has 0 saturated heterocycles. The van der Waals surface area contributed by atoms with E-state index in [4.69, 9.17) is 0 Å². The molecule has 1 amide bonds. The number of amides is 1. The summed E-state index contributed by atoms with van der Waals surface area (Å²) in [6, 6.07) is 8.42. The standard InChI is InChI=1S/C16H15BrF2N2O3S/c1-21(8-11-3-5-14(17)25-11)9-15(22)20-7-10-2-4-12-13(6-10)24-16(18,19)23-12/h2-6H,7-9H2,1H3,(H,20,22). The number of benzene rings is 1. The summed E-state index contributed by atoms with van der Waals surface area (Å²) in [5.41, 5.74) is 0.651. The van der Waals surface area contributed by atoms with Gasteiger partial charge in [-0.05, 0) is 52.8 Å². The Balaban J connectivity index is 1.48. The third-order valence-corrected chi connectivity index (χ3v) is 5.03. The molecule has 1 N–H and O–H groups in total. The van der Waals surface area contributed by atoms with E-state index in [9.17, 15) is 13.6 Å². The van der Waals surface area contributed by atoms with Gasteiger partial charge in [-0.15, -0.1) is 20.1 Å². The van der Waals surface area contributed by atoms with E-state index in [-0.39, 0.29) is 30.5 Å². The Morgan fingerprint density at radius 1 is 1.28 bits per heavy atom. The maximum atomic E-state index is 13.0. The van der Waals surface area contributed by atoms with Crippen LogP contribution in [0.4, 0.5) is 8.78 Å². The quantitative estimate of drug-likeness (QED) is 0.757. The molecule has 1 aromatic heterocycles. The zero-order chi connectivity index (χ0) is 18.0. The van der Waals surface area contributed by atoms with Crippen LogP contribution in [0.25, 0.3) is 0 Å². The van der Waals surface area contributed by atoms with Crippen molar-refractivity contribution in [2.24, 2.45) is 0 Å². The van der Waals surface area contributed by atoms with E-state index in [1.807, 2.05) is 24.1 Å². The minimum atomic E-state index is -3.64. The summed E-state index contributed by atoms with van der Waals surface area (Å²) in [4.78, 5) is 15.1. The Morgan fingerprint density at radius 2 is 2.04 bits per heavy atom. The molecular formula is C16H15BrF2N2O3S. The largest absolute Gasteiger partial charge is 0.586 e. The summed E-state index contributed by atoms with van der Waals surface area (Å²) < 4.78 is 35.7. The van der Waals surface area contributed by atoms with Gasteiger partial charge in [0.25, 0.3) is 0 Å². The average molecular weight is 433 g/mol. The highest BCUT2D eigenvalue weighted by Crippen LogP contribution is 2.41. The van der Waals surface area contributed by atoms with Gasteiger partial charge >= 0.3 is 6.29 Å². The lowest BCUT2D eigenvalue weighted by Crippen LogP contribution is -2.34. The third-order valence-electron chi connectivity index (χ3n) is 3.42. The Hall–Kier alpha value is -1.71. The third kappa shape index (κ3) is 4.90. The number of thiophene rings is 1. The number of nitrogens with zero attached hydrogens (tertiary/aromatic N) is 1. The van der Waals surface area contributed by atoms with Crippen molar-refractivity contribution in [2.75, 3.05) is 13.6 Å². The molecule has 25 heavy (non-hydrogen) atoms. The number of fused-ring (bicyclic) bond motifs is 1. The molecule has 0 fully saturated rings. The lowest BCUT2D eigenvalue weighted by Gasteiger charge is -2.15. The molecule has 0 spiro atoms. The van der Waals surface area contributed by atoms with Crippen molar-refractivity contribution in [3.63, 3.8) is 0 Å². The molecule has 9 heteroatoms. The number of halogens is 3. The number of carbonyl (C=O) groups is 1. The van der Waals surface area contributed by atoms with Crippen LogP contribution in [0.2, 0.25) is 0 Å². The summed E-state index contributed by atoms with van der Waals surface area (Å²) in [6.07, 6.45) is -3.64. The van der Waals surface area contributed by atoms with Gasteiger partial charge < -0.3 is 14.8 Å². The molecule has 5 nitrogen and oxygen atoms in total. The molecule has 0 aliphatic carbocycles. The first-order chi connectivity index (χ1) is 11.8. The van der Waals surface area contributed by atoms with Gasteiger partial charge in [-0.3, -0.25) is 9.69 Å². The van der Waals surface area contributed by atoms with E-state index >= 15 is 0 Å². The highest BCUT2D eigenvalue weighted by Gasteiger charge is 2.43. The van der Waals surface area contributed by atoms with E-state index in [0.29, 0.717) is 12.1 Å². The van der Waals surface area contributed by atoms with Crippen LogP contribution in [0.3, 0.4) is 0 Å². The second kappa shape index (κ2) is 7.27. The van der Waals surface area contributed by atoms with Crippen LogP contribution < -0.4 is 14.8 Å². The van der Waals surface area contributed by atoms with Crippen molar-refractivity contribution in [1.82, 2.24) is 10.2 Å². The lowest BCUT2D eigenvalue weighted by molar-refractivity contribution is -0.286. The molecule has 134 valence electrons. The molecule has 1 aliphatic heterocycles. The van der Waals surface area contributed by atoms with E-state index < -0.39 is 6.29 Å². The first kappa shape index (κ1) is 18.1. The number of hydrogen-bond acceptors (Lipinski definition) is 5. The van der Waals surface area contributed by atoms with Crippen molar-refractivity contribution in [2.45, 2.75) is 19.4 Å².